The SMILES string of the molecule is CC1Cc2ccccc2N1C(=O)CN1CCC(c2c[nH]c3ncccc23)CC1. The van der Waals surface area contributed by atoms with Crippen LogP contribution in [0, 0.1) is 0 Å². The van der Waals surface area contributed by atoms with Gasteiger partial charge in [-0.25, -0.2) is 4.98 Å². The number of anilines is 1. The zero-order chi connectivity index (χ0) is 19.1. The summed E-state index contributed by atoms with van der Waals surface area (Å²) in [5.74, 6) is 0.767. The summed E-state index contributed by atoms with van der Waals surface area (Å²) in [5.41, 5.74) is 4.73. The van der Waals surface area contributed by atoms with Crippen molar-refractivity contribution in [2.24, 2.45) is 0 Å². The number of rotatable bonds is 3. The number of amides is 1. The van der Waals surface area contributed by atoms with Crippen LogP contribution in [0.5, 0.6) is 0 Å². The lowest BCUT2D eigenvalue weighted by Crippen LogP contribution is -2.45. The molecule has 1 amide bonds. The van der Waals surface area contributed by atoms with Crippen LogP contribution >= 0.6 is 0 Å². The molecule has 28 heavy (non-hydrogen) atoms. The number of hydrogen-bond acceptors (Lipinski definition) is 3. The fourth-order valence-corrected chi connectivity index (χ4v) is 4.93. The molecule has 1 atom stereocenters. The fourth-order valence-electron chi connectivity index (χ4n) is 4.93. The van der Waals surface area contributed by atoms with Crippen LogP contribution in [0.1, 0.15) is 36.8 Å². The Morgan fingerprint density at radius 2 is 2.00 bits per heavy atom. The van der Waals surface area contributed by atoms with E-state index in [0.717, 1.165) is 43.7 Å². The van der Waals surface area contributed by atoms with E-state index in [4.69, 9.17) is 0 Å². The van der Waals surface area contributed by atoms with Gasteiger partial charge in [0.15, 0.2) is 0 Å². The molecule has 5 nitrogen and oxygen atoms in total. The standard InChI is InChI=1S/C23H26N4O/c1-16-13-18-5-2-3-7-21(18)27(16)22(28)15-26-11-8-17(9-12-26)20-14-25-23-19(20)6-4-10-24-23/h2-7,10,14,16-17H,8-9,11-13,15H2,1H3,(H,24,25). The van der Waals surface area contributed by atoms with E-state index in [9.17, 15) is 4.79 Å². The summed E-state index contributed by atoms with van der Waals surface area (Å²) in [4.78, 5) is 25.1. The molecule has 1 aromatic carbocycles. The molecule has 1 unspecified atom stereocenters. The van der Waals surface area contributed by atoms with E-state index in [1.807, 2.05) is 23.2 Å². The molecule has 1 N–H and O–H groups in total. The molecular formula is C23H26N4O. The highest BCUT2D eigenvalue weighted by atomic mass is 16.2. The largest absolute Gasteiger partial charge is 0.346 e. The van der Waals surface area contributed by atoms with Gasteiger partial charge in [-0.15, -0.1) is 0 Å². The van der Waals surface area contributed by atoms with E-state index in [1.165, 1.54) is 16.5 Å². The minimum absolute atomic E-state index is 0.229. The number of nitrogens with zero attached hydrogens (tertiary/aromatic N) is 3. The third-order valence-electron chi connectivity index (χ3n) is 6.35. The number of carbonyl (C=O) groups is 1. The van der Waals surface area contributed by atoms with Crippen molar-refractivity contribution in [1.82, 2.24) is 14.9 Å². The smallest absolute Gasteiger partial charge is 0.241 e. The van der Waals surface area contributed by atoms with E-state index in [1.54, 1.807) is 0 Å². The molecule has 3 aromatic rings. The Labute approximate surface area is 165 Å². The lowest BCUT2D eigenvalue weighted by Gasteiger charge is -2.33. The van der Waals surface area contributed by atoms with Crippen molar-refractivity contribution < 1.29 is 4.79 Å². The quantitative estimate of drug-likeness (QED) is 0.760. The summed E-state index contributed by atoms with van der Waals surface area (Å²) < 4.78 is 0. The van der Waals surface area contributed by atoms with E-state index in [0.29, 0.717) is 12.5 Å². The molecule has 1 saturated heterocycles. The second-order valence-corrected chi connectivity index (χ2v) is 8.14. The number of nitrogens with one attached hydrogen (secondary N) is 1. The first-order valence-electron chi connectivity index (χ1n) is 10.2. The number of fused-ring (bicyclic) bond motifs is 2. The second kappa shape index (κ2) is 7.06. The van der Waals surface area contributed by atoms with Gasteiger partial charge >= 0.3 is 0 Å². The predicted octanol–water partition coefficient (Wildman–Crippen LogP) is 3.72. The molecule has 2 aliphatic rings. The second-order valence-electron chi connectivity index (χ2n) is 8.14. The van der Waals surface area contributed by atoms with Gasteiger partial charge in [-0.05, 0) is 74.5 Å². The Kier molecular flexibility index (Phi) is 4.40. The average Bonchev–Trinajstić information content (AvgIpc) is 3.29. The molecular weight excluding hydrogens is 348 g/mol. The summed E-state index contributed by atoms with van der Waals surface area (Å²) in [7, 11) is 0. The van der Waals surface area contributed by atoms with E-state index < -0.39 is 0 Å². The summed E-state index contributed by atoms with van der Waals surface area (Å²) >= 11 is 0. The molecule has 5 rings (SSSR count). The molecule has 0 aliphatic carbocycles. The van der Waals surface area contributed by atoms with E-state index in [-0.39, 0.29) is 11.9 Å². The van der Waals surface area contributed by atoms with Crippen LogP contribution in [-0.2, 0) is 11.2 Å². The first kappa shape index (κ1) is 17.4. The molecule has 0 radical (unpaired) electrons. The lowest BCUT2D eigenvalue weighted by atomic mass is 9.89. The van der Waals surface area contributed by atoms with Crippen molar-refractivity contribution in [3.63, 3.8) is 0 Å². The van der Waals surface area contributed by atoms with Crippen LogP contribution in [0.25, 0.3) is 11.0 Å². The number of para-hydroxylation sites is 1. The van der Waals surface area contributed by atoms with E-state index in [2.05, 4.69) is 52.3 Å². The van der Waals surface area contributed by atoms with Gasteiger partial charge in [-0.1, -0.05) is 18.2 Å². The molecule has 144 valence electrons. The van der Waals surface area contributed by atoms with Gasteiger partial charge in [0.2, 0.25) is 5.91 Å². The summed E-state index contributed by atoms with van der Waals surface area (Å²) in [6.45, 7) is 4.59. The zero-order valence-corrected chi connectivity index (χ0v) is 16.3. The fraction of sp³-hybridized carbons (Fsp3) is 0.391. The normalized spacial score (nSPS) is 20.6. The average molecular weight is 374 g/mol. The highest BCUT2D eigenvalue weighted by Gasteiger charge is 2.32. The Balaban J connectivity index is 1.24. The highest BCUT2D eigenvalue weighted by molar-refractivity contribution is 5.97. The molecule has 0 saturated carbocycles. The number of H-pyrrole nitrogens is 1. The number of piperidine rings is 1. The Bertz CT molecular complexity index is 1000. The summed E-state index contributed by atoms with van der Waals surface area (Å²) in [6, 6.07) is 12.7. The van der Waals surface area contributed by atoms with Gasteiger partial charge < -0.3 is 9.88 Å². The molecule has 5 heteroatoms. The van der Waals surface area contributed by atoms with Crippen molar-refractivity contribution in [2.75, 3.05) is 24.5 Å². The van der Waals surface area contributed by atoms with E-state index >= 15 is 0 Å². The molecule has 0 spiro atoms. The van der Waals surface area contributed by atoms with Crippen LogP contribution in [0.2, 0.25) is 0 Å². The molecule has 0 bridgehead atoms. The third-order valence-corrected chi connectivity index (χ3v) is 6.35. The van der Waals surface area contributed by atoms with Gasteiger partial charge in [0.05, 0.1) is 6.54 Å². The molecule has 1 fully saturated rings. The van der Waals surface area contributed by atoms with Crippen molar-refractivity contribution in [3.05, 3.63) is 59.9 Å². The van der Waals surface area contributed by atoms with Gasteiger partial charge in [-0.3, -0.25) is 9.69 Å². The van der Waals surface area contributed by atoms with Crippen LogP contribution in [0.4, 0.5) is 5.69 Å². The first-order chi connectivity index (χ1) is 13.7. The summed E-state index contributed by atoms with van der Waals surface area (Å²) in [6.07, 6.45) is 7.07. The van der Waals surface area contributed by atoms with Gasteiger partial charge in [-0.2, -0.15) is 0 Å². The minimum atomic E-state index is 0.229. The number of likely N-dealkylation sites (tertiary alicyclic amines) is 1. The molecule has 4 heterocycles. The maximum atomic E-state index is 13.0. The maximum absolute atomic E-state index is 13.0. The predicted molar refractivity (Wildman–Crippen MR) is 112 cm³/mol. The Morgan fingerprint density at radius 3 is 2.86 bits per heavy atom. The number of hydrogen-bond donors (Lipinski definition) is 1. The van der Waals surface area contributed by atoms with Crippen LogP contribution in [-0.4, -0.2) is 46.5 Å². The van der Waals surface area contributed by atoms with Crippen molar-refractivity contribution >= 4 is 22.6 Å². The monoisotopic (exact) mass is 374 g/mol. The number of aromatic amines is 1. The molecule has 2 aliphatic heterocycles. The van der Waals surface area contributed by atoms with Gasteiger partial charge in [0.1, 0.15) is 5.65 Å². The lowest BCUT2D eigenvalue weighted by molar-refractivity contribution is -0.120. The van der Waals surface area contributed by atoms with Gasteiger partial charge in [0, 0.05) is 29.5 Å². The minimum Gasteiger partial charge on any atom is -0.346 e. The molecule has 2 aromatic heterocycles. The zero-order valence-electron chi connectivity index (χ0n) is 16.3. The topological polar surface area (TPSA) is 52.2 Å². The van der Waals surface area contributed by atoms with Crippen LogP contribution in [0.15, 0.2) is 48.8 Å². The number of carbonyl (C=O) groups excluding carboxylic acids is 1. The van der Waals surface area contributed by atoms with Crippen LogP contribution in [0.3, 0.4) is 0 Å². The van der Waals surface area contributed by atoms with Crippen molar-refractivity contribution in [3.8, 4) is 0 Å². The first-order valence-corrected chi connectivity index (χ1v) is 10.2. The van der Waals surface area contributed by atoms with Crippen molar-refractivity contribution in [2.45, 2.75) is 38.1 Å². The number of pyridine rings is 1. The highest BCUT2D eigenvalue weighted by Crippen LogP contribution is 2.34. The van der Waals surface area contributed by atoms with Crippen molar-refractivity contribution in [1.29, 1.82) is 0 Å². The third kappa shape index (κ3) is 3.00. The number of benzene rings is 1. The summed E-state index contributed by atoms with van der Waals surface area (Å²) in [5, 5.41) is 1.24. The Hall–Kier alpha value is -2.66. The Morgan fingerprint density at radius 1 is 1.18 bits per heavy atom. The maximum Gasteiger partial charge on any atom is 0.241 e. The van der Waals surface area contributed by atoms with Crippen LogP contribution < -0.4 is 4.90 Å². The van der Waals surface area contributed by atoms with Gasteiger partial charge in [0.25, 0.3) is 0 Å². The number of aromatic nitrogens is 2.